The van der Waals surface area contributed by atoms with Crippen LogP contribution in [0.5, 0.6) is 0 Å². The SMILES string of the molecule is OC1CNCC1Sc1ccc(Br)cc1. The highest BCUT2D eigenvalue weighted by atomic mass is 79.9. The molecule has 4 heteroatoms. The number of β-amino-alcohol motifs (C(OH)–C–C–N with tert-alkyl or cyclic N) is 1. The van der Waals surface area contributed by atoms with Gasteiger partial charge in [-0.15, -0.1) is 11.8 Å². The fourth-order valence-electron chi connectivity index (χ4n) is 1.45. The first-order valence-corrected chi connectivity index (χ1v) is 6.24. The molecule has 0 radical (unpaired) electrons. The van der Waals surface area contributed by atoms with Crippen LogP contribution in [0.15, 0.2) is 33.6 Å². The third-order valence-corrected chi connectivity index (χ3v) is 4.09. The van der Waals surface area contributed by atoms with Gasteiger partial charge in [0.15, 0.2) is 0 Å². The largest absolute Gasteiger partial charge is 0.391 e. The van der Waals surface area contributed by atoms with Gasteiger partial charge < -0.3 is 10.4 Å². The smallest absolute Gasteiger partial charge is 0.0798 e. The Morgan fingerprint density at radius 2 is 2.00 bits per heavy atom. The lowest BCUT2D eigenvalue weighted by molar-refractivity contribution is 0.201. The Morgan fingerprint density at radius 1 is 1.29 bits per heavy atom. The number of thioether (sulfide) groups is 1. The fraction of sp³-hybridized carbons (Fsp3) is 0.400. The molecule has 2 atom stereocenters. The first-order chi connectivity index (χ1) is 6.75. The summed E-state index contributed by atoms with van der Waals surface area (Å²) in [5.41, 5.74) is 0. The molecule has 0 saturated carbocycles. The van der Waals surface area contributed by atoms with Gasteiger partial charge in [-0.2, -0.15) is 0 Å². The van der Waals surface area contributed by atoms with E-state index in [1.54, 1.807) is 11.8 Å². The number of aliphatic hydroxyl groups is 1. The Hall–Kier alpha value is -0.0300. The second-order valence-electron chi connectivity index (χ2n) is 3.34. The van der Waals surface area contributed by atoms with Crippen molar-refractivity contribution < 1.29 is 5.11 Å². The summed E-state index contributed by atoms with van der Waals surface area (Å²) in [5.74, 6) is 0. The lowest BCUT2D eigenvalue weighted by atomic mass is 10.3. The van der Waals surface area contributed by atoms with Crippen molar-refractivity contribution in [2.24, 2.45) is 0 Å². The monoisotopic (exact) mass is 273 g/mol. The molecule has 1 aromatic carbocycles. The number of benzene rings is 1. The summed E-state index contributed by atoms with van der Waals surface area (Å²) < 4.78 is 1.09. The Morgan fingerprint density at radius 3 is 2.57 bits per heavy atom. The van der Waals surface area contributed by atoms with Crippen molar-refractivity contribution in [3.8, 4) is 0 Å². The lowest BCUT2D eigenvalue weighted by Gasteiger charge is -2.12. The van der Waals surface area contributed by atoms with Crippen molar-refractivity contribution in [3.63, 3.8) is 0 Å². The van der Waals surface area contributed by atoms with Gasteiger partial charge in [0, 0.05) is 27.7 Å². The second-order valence-corrected chi connectivity index (χ2v) is 5.56. The summed E-state index contributed by atoms with van der Waals surface area (Å²) >= 11 is 5.13. The molecule has 1 fully saturated rings. The number of hydrogen-bond donors (Lipinski definition) is 2. The predicted octanol–water partition coefficient (Wildman–Crippen LogP) is 1.87. The molecule has 0 aromatic heterocycles. The highest BCUT2D eigenvalue weighted by molar-refractivity contribution is 9.10. The van der Waals surface area contributed by atoms with Crippen LogP contribution in [-0.2, 0) is 0 Å². The van der Waals surface area contributed by atoms with Crippen molar-refractivity contribution in [1.29, 1.82) is 0 Å². The molecule has 1 aliphatic rings. The van der Waals surface area contributed by atoms with Crippen molar-refractivity contribution in [3.05, 3.63) is 28.7 Å². The van der Waals surface area contributed by atoms with E-state index in [-0.39, 0.29) is 11.4 Å². The minimum absolute atomic E-state index is 0.219. The molecule has 0 spiro atoms. The molecular formula is C10H12BrNOS. The van der Waals surface area contributed by atoms with Crippen molar-refractivity contribution in [2.45, 2.75) is 16.2 Å². The fourth-order valence-corrected chi connectivity index (χ4v) is 2.81. The second kappa shape index (κ2) is 4.66. The maximum absolute atomic E-state index is 9.61. The summed E-state index contributed by atoms with van der Waals surface area (Å²) in [7, 11) is 0. The van der Waals surface area contributed by atoms with Crippen molar-refractivity contribution >= 4 is 27.7 Å². The molecule has 1 aromatic rings. The van der Waals surface area contributed by atoms with E-state index < -0.39 is 0 Å². The first-order valence-electron chi connectivity index (χ1n) is 4.57. The van der Waals surface area contributed by atoms with Crippen LogP contribution < -0.4 is 5.32 Å². The van der Waals surface area contributed by atoms with Crippen LogP contribution in [-0.4, -0.2) is 29.5 Å². The molecule has 2 rings (SSSR count). The standard InChI is InChI=1S/C10H12BrNOS/c11-7-1-3-8(4-2-7)14-10-6-12-5-9(10)13/h1-4,9-10,12-13H,5-6H2. The van der Waals surface area contributed by atoms with Crippen LogP contribution >= 0.6 is 27.7 Å². The average molecular weight is 274 g/mol. The molecule has 0 amide bonds. The van der Waals surface area contributed by atoms with Gasteiger partial charge in [0.25, 0.3) is 0 Å². The van der Waals surface area contributed by atoms with E-state index in [4.69, 9.17) is 0 Å². The molecule has 76 valence electrons. The quantitative estimate of drug-likeness (QED) is 0.863. The maximum Gasteiger partial charge on any atom is 0.0798 e. The molecular weight excluding hydrogens is 262 g/mol. The average Bonchev–Trinajstić information content (AvgIpc) is 2.56. The summed E-state index contributed by atoms with van der Waals surface area (Å²) in [6, 6.07) is 8.19. The van der Waals surface area contributed by atoms with E-state index >= 15 is 0 Å². The van der Waals surface area contributed by atoms with Gasteiger partial charge in [-0.25, -0.2) is 0 Å². The summed E-state index contributed by atoms with van der Waals surface area (Å²) in [5, 5.41) is 13.1. The zero-order chi connectivity index (χ0) is 9.97. The Kier molecular flexibility index (Phi) is 3.49. The molecule has 1 saturated heterocycles. The number of nitrogens with one attached hydrogen (secondary N) is 1. The Labute approximate surface area is 96.2 Å². The summed E-state index contributed by atoms with van der Waals surface area (Å²) in [4.78, 5) is 1.21. The Balaban J connectivity index is 2.00. The lowest BCUT2D eigenvalue weighted by Crippen LogP contribution is -2.19. The zero-order valence-electron chi connectivity index (χ0n) is 7.61. The van der Waals surface area contributed by atoms with E-state index in [0.717, 1.165) is 11.0 Å². The van der Waals surface area contributed by atoms with Crippen LogP contribution in [0.1, 0.15) is 0 Å². The normalized spacial score (nSPS) is 26.7. The zero-order valence-corrected chi connectivity index (χ0v) is 10.0. The third kappa shape index (κ3) is 2.51. The maximum atomic E-state index is 9.61. The van der Waals surface area contributed by atoms with Crippen LogP contribution in [0.3, 0.4) is 0 Å². The van der Waals surface area contributed by atoms with Gasteiger partial charge in [0.2, 0.25) is 0 Å². The Bertz CT molecular complexity index is 303. The number of halogens is 1. The highest BCUT2D eigenvalue weighted by Crippen LogP contribution is 2.28. The number of aliphatic hydroxyl groups excluding tert-OH is 1. The molecule has 0 aliphatic carbocycles. The van der Waals surface area contributed by atoms with Crippen molar-refractivity contribution in [1.82, 2.24) is 5.32 Å². The van der Waals surface area contributed by atoms with Gasteiger partial charge >= 0.3 is 0 Å². The van der Waals surface area contributed by atoms with Gasteiger partial charge in [-0.3, -0.25) is 0 Å². The predicted molar refractivity (Wildman–Crippen MR) is 62.7 cm³/mol. The molecule has 1 aliphatic heterocycles. The number of hydrogen-bond acceptors (Lipinski definition) is 3. The molecule has 14 heavy (non-hydrogen) atoms. The van der Waals surface area contributed by atoms with E-state index in [9.17, 15) is 5.11 Å². The highest BCUT2D eigenvalue weighted by Gasteiger charge is 2.25. The van der Waals surface area contributed by atoms with Crippen LogP contribution in [0.4, 0.5) is 0 Å². The minimum atomic E-state index is -0.219. The van der Waals surface area contributed by atoms with Gasteiger partial charge in [-0.1, -0.05) is 15.9 Å². The molecule has 1 heterocycles. The molecule has 2 unspecified atom stereocenters. The minimum Gasteiger partial charge on any atom is -0.391 e. The van der Waals surface area contributed by atoms with Crippen LogP contribution in [0.2, 0.25) is 0 Å². The molecule has 2 nitrogen and oxygen atoms in total. The molecule has 2 N–H and O–H groups in total. The van der Waals surface area contributed by atoms with E-state index in [1.165, 1.54) is 4.90 Å². The summed E-state index contributed by atoms with van der Waals surface area (Å²) in [6.07, 6.45) is -0.219. The first kappa shape index (κ1) is 10.5. The third-order valence-electron chi connectivity index (χ3n) is 2.23. The van der Waals surface area contributed by atoms with Gasteiger partial charge in [0.05, 0.1) is 6.10 Å². The van der Waals surface area contributed by atoms with Gasteiger partial charge in [-0.05, 0) is 24.3 Å². The van der Waals surface area contributed by atoms with E-state index in [1.807, 2.05) is 12.1 Å². The number of rotatable bonds is 2. The van der Waals surface area contributed by atoms with Gasteiger partial charge in [0.1, 0.15) is 0 Å². The molecule has 0 bridgehead atoms. The van der Waals surface area contributed by atoms with E-state index in [2.05, 4.69) is 33.4 Å². The van der Waals surface area contributed by atoms with Crippen LogP contribution in [0, 0.1) is 0 Å². The van der Waals surface area contributed by atoms with E-state index in [0.29, 0.717) is 6.54 Å². The topological polar surface area (TPSA) is 32.3 Å². The summed E-state index contributed by atoms with van der Waals surface area (Å²) in [6.45, 7) is 1.61. The van der Waals surface area contributed by atoms with Crippen molar-refractivity contribution in [2.75, 3.05) is 13.1 Å². The van der Waals surface area contributed by atoms with Crippen LogP contribution in [0.25, 0.3) is 0 Å².